The van der Waals surface area contributed by atoms with E-state index in [1.807, 2.05) is 0 Å². The fraction of sp³-hybridized carbons (Fsp3) is 0.923. The van der Waals surface area contributed by atoms with Crippen LogP contribution in [0.5, 0.6) is 0 Å². The Morgan fingerprint density at radius 1 is 1.24 bits per heavy atom. The Morgan fingerprint density at radius 3 is 2.47 bits per heavy atom. The minimum atomic E-state index is 0.484. The van der Waals surface area contributed by atoms with Gasteiger partial charge in [0.1, 0.15) is 0 Å². The van der Waals surface area contributed by atoms with E-state index in [1.165, 1.54) is 38.5 Å². The first-order valence-corrected chi connectivity index (χ1v) is 7.01. The zero-order valence-corrected chi connectivity index (χ0v) is 11.2. The van der Waals surface area contributed by atoms with Crippen LogP contribution in [0.25, 0.3) is 0 Å². The zero-order chi connectivity index (χ0) is 12.3. The van der Waals surface area contributed by atoms with Gasteiger partial charge in [-0.1, -0.05) is 26.2 Å². The second-order valence-electron chi connectivity index (χ2n) is 5.73. The molecule has 1 heterocycles. The van der Waals surface area contributed by atoms with E-state index in [0.717, 1.165) is 18.4 Å². The second-order valence-corrected chi connectivity index (χ2v) is 5.73. The molecule has 1 aliphatic carbocycles. The summed E-state index contributed by atoms with van der Waals surface area (Å²) in [6.45, 7) is 5.64. The van der Waals surface area contributed by atoms with E-state index in [2.05, 4.69) is 24.2 Å². The lowest BCUT2D eigenvalue weighted by molar-refractivity contribution is 0.381. The highest BCUT2D eigenvalue weighted by molar-refractivity contribution is 5.80. The van der Waals surface area contributed by atoms with E-state index in [0.29, 0.717) is 12.1 Å². The third-order valence-corrected chi connectivity index (χ3v) is 4.06. The molecule has 0 bridgehead atoms. The topological polar surface area (TPSA) is 53.6 Å². The third kappa shape index (κ3) is 3.12. The summed E-state index contributed by atoms with van der Waals surface area (Å²) in [6.07, 6.45) is 7.70. The molecule has 2 fully saturated rings. The predicted octanol–water partition coefficient (Wildman–Crippen LogP) is 1.87. The number of guanidine groups is 1. The van der Waals surface area contributed by atoms with Crippen LogP contribution in [0.2, 0.25) is 0 Å². The van der Waals surface area contributed by atoms with E-state index < -0.39 is 0 Å². The van der Waals surface area contributed by atoms with Crippen LogP contribution in [-0.2, 0) is 0 Å². The van der Waals surface area contributed by atoms with Gasteiger partial charge in [0.05, 0.1) is 6.04 Å². The SMILES string of the molecule is CC1CC(C)N(C(=NC2CCCCC2)NN)C1. The highest BCUT2D eigenvalue weighted by Crippen LogP contribution is 2.24. The summed E-state index contributed by atoms with van der Waals surface area (Å²) in [7, 11) is 0. The maximum atomic E-state index is 5.65. The Balaban J connectivity index is 2.01. The monoisotopic (exact) mass is 238 g/mol. The van der Waals surface area contributed by atoms with Gasteiger partial charge in [-0.05, 0) is 32.1 Å². The van der Waals surface area contributed by atoms with E-state index >= 15 is 0 Å². The zero-order valence-electron chi connectivity index (χ0n) is 11.2. The number of nitrogens with zero attached hydrogens (tertiary/aromatic N) is 2. The summed E-state index contributed by atoms with van der Waals surface area (Å²) >= 11 is 0. The van der Waals surface area contributed by atoms with Crippen molar-refractivity contribution in [1.82, 2.24) is 10.3 Å². The number of hydrogen-bond acceptors (Lipinski definition) is 2. The van der Waals surface area contributed by atoms with Crippen molar-refractivity contribution in [3.05, 3.63) is 0 Å². The minimum absolute atomic E-state index is 0.484. The van der Waals surface area contributed by atoms with Crippen LogP contribution in [0.15, 0.2) is 4.99 Å². The number of hydrazine groups is 1. The normalized spacial score (nSPS) is 31.9. The quantitative estimate of drug-likeness (QED) is 0.317. The summed E-state index contributed by atoms with van der Waals surface area (Å²) in [5.41, 5.74) is 2.82. The molecular formula is C13H26N4. The van der Waals surface area contributed by atoms with Gasteiger partial charge < -0.3 is 4.90 Å². The predicted molar refractivity (Wildman–Crippen MR) is 71.6 cm³/mol. The highest BCUT2D eigenvalue weighted by atomic mass is 15.4. The summed E-state index contributed by atoms with van der Waals surface area (Å²) in [4.78, 5) is 7.16. The summed E-state index contributed by atoms with van der Waals surface area (Å²) in [6, 6.07) is 1.04. The van der Waals surface area contributed by atoms with Crippen LogP contribution in [0.1, 0.15) is 52.4 Å². The Kier molecular flexibility index (Phi) is 4.26. The van der Waals surface area contributed by atoms with Gasteiger partial charge in [-0.25, -0.2) is 10.8 Å². The molecule has 98 valence electrons. The van der Waals surface area contributed by atoms with Gasteiger partial charge in [-0.2, -0.15) is 0 Å². The summed E-state index contributed by atoms with van der Waals surface area (Å²) in [5, 5.41) is 0. The van der Waals surface area contributed by atoms with E-state index in [4.69, 9.17) is 10.8 Å². The molecule has 17 heavy (non-hydrogen) atoms. The number of nitrogens with two attached hydrogens (primary N) is 1. The molecule has 1 saturated heterocycles. The van der Waals surface area contributed by atoms with Crippen LogP contribution in [0, 0.1) is 5.92 Å². The molecule has 0 aromatic heterocycles. The molecule has 0 aromatic rings. The van der Waals surface area contributed by atoms with Crippen LogP contribution >= 0.6 is 0 Å². The van der Waals surface area contributed by atoms with Crippen molar-refractivity contribution in [1.29, 1.82) is 0 Å². The Hall–Kier alpha value is -0.770. The molecule has 0 amide bonds. The first-order valence-electron chi connectivity index (χ1n) is 7.01. The van der Waals surface area contributed by atoms with E-state index in [-0.39, 0.29) is 0 Å². The molecule has 2 aliphatic rings. The van der Waals surface area contributed by atoms with Gasteiger partial charge >= 0.3 is 0 Å². The molecule has 2 atom stereocenters. The Labute approximate surface area is 105 Å². The molecule has 3 N–H and O–H groups in total. The van der Waals surface area contributed by atoms with Crippen molar-refractivity contribution >= 4 is 5.96 Å². The van der Waals surface area contributed by atoms with Gasteiger partial charge in [0, 0.05) is 12.6 Å². The molecule has 2 rings (SSSR count). The van der Waals surface area contributed by atoms with Crippen molar-refractivity contribution in [2.24, 2.45) is 16.8 Å². The Bertz CT molecular complexity index is 271. The highest BCUT2D eigenvalue weighted by Gasteiger charge is 2.29. The molecular weight excluding hydrogens is 212 g/mol. The lowest BCUT2D eigenvalue weighted by Crippen LogP contribution is -2.47. The van der Waals surface area contributed by atoms with Crippen molar-refractivity contribution in [3.63, 3.8) is 0 Å². The average molecular weight is 238 g/mol. The second kappa shape index (κ2) is 5.71. The van der Waals surface area contributed by atoms with Crippen molar-refractivity contribution < 1.29 is 0 Å². The third-order valence-electron chi connectivity index (χ3n) is 4.06. The lowest BCUT2D eigenvalue weighted by atomic mass is 9.96. The van der Waals surface area contributed by atoms with Gasteiger partial charge in [-0.15, -0.1) is 0 Å². The van der Waals surface area contributed by atoms with Gasteiger partial charge in [0.25, 0.3) is 0 Å². The fourth-order valence-corrected chi connectivity index (χ4v) is 3.17. The van der Waals surface area contributed by atoms with Crippen molar-refractivity contribution in [3.8, 4) is 0 Å². The molecule has 0 spiro atoms. The molecule has 0 radical (unpaired) electrons. The van der Waals surface area contributed by atoms with Gasteiger partial charge in [0.15, 0.2) is 0 Å². The Morgan fingerprint density at radius 2 is 1.94 bits per heavy atom. The summed E-state index contributed by atoms with van der Waals surface area (Å²) < 4.78 is 0. The number of nitrogens with one attached hydrogen (secondary N) is 1. The maximum absolute atomic E-state index is 5.65. The number of rotatable bonds is 1. The molecule has 4 heteroatoms. The van der Waals surface area contributed by atoms with Crippen LogP contribution in [0.4, 0.5) is 0 Å². The van der Waals surface area contributed by atoms with Crippen molar-refractivity contribution in [2.45, 2.75) is 64.5 Å². The molecule has 0 aromatic carbocycles. The van der Waals surface area contributed by atoms with Crippen molar-refractivity contribution in [2.75, 3.05) is 6.54 Å². The largest absolute Gasteiger partial charge is 0.339 e. The molecule has 4 nitrogen and oxygen atoms in total. The number of likely N-dealkylation sites (tertiary alicyclic amines) is 1. The average Bonchev–Trinajstić information content (AvgIpc) is 2.67. The van der Waals surface area contributed by atoms with E-state index in [9.17, 15) is 0 Å². The van der Waals surface area contributed by atoms with E-state index in [1.54, 1.807) is 0 Å². The van der Waals surface area contributed by atoms with Crippen LogP contribution < -0.4 is 11.3 Å². The molecule has 2 unspecified atom stereocenters. The fourth-order valence-electron chi connectivity index (χ4n) is 3.17. The molecule has 1 saturated carbocycles. The van der Waals surface area contributed by atoms with Gasteiger partial charge in [0.2, 0.25) is 5.96 Å². The lowest BCUT2D eigenvalue weighted by Gasteiger charge is -2.27. The smallest absolute Gasteiger partial charge is 0.208 e. The standard InChI is InChI=1S/C13H26N4/c1-10-8-11(2)17(9-10)13(16-14)15-12-6-4-3-5-7-12/h10-12H,3-9,14H2,1-2H3,(H,15,16). The maximum Gasteiger partial charge on any atom is 0.208 e. The first-order chi connectivity index (χ1) is 8.20. The summed E-state index contributed by atoms with van der Waals surface area (Å²) in [5.74, 6) is 7.31. The number of aliphatic imine (C=N–C) groups is 1. The minimum Gasteiger partial charge on any atom is -0.339 e. The van der Waals surface area contributed by atoms with Crippen LogP contribution in [0.3, 0.4) is 0 Å². The van der Waals surface area contributed by atoms with Gasteiger partial charge in [-0.3, -0.25) is 5.43 Å². The molecule has 1 aliphatic heterocycles. The van der Waals surface area contributed by atoms with Crippen LogP contribution in [-0.4, -0.2) is 29.5 Å². The number of hydrogen-bond donors (Lipinski definition) is 2. The first kappa shape index (κ1) is 12.7.